The van der Waals surface area contributed by atoms with Crippen LogP contribution in [0.5, 0.6) is 0 Å². The van der Waals surface area contributed by atoms with E-state index in [2.05, 4.69) is 15.8 Å². The maximum Gasteiger partial charge on any atom is 0.254 e. The largest absolute Gasteiger partial charge is 0.468 e. The number of nitrogens with one attached hydrogen (secondary N) is 2. The first-order chi connectivity index (χ1) is 12.7. The topological polar surface area (TPSA) is 90.7 Å². The number of pyridine rings is 1. The molecule has 26 heavy (non-hydrogen) atoms. The number of carbonyl (C=O) groups is 2. The minimum atomic E-state index is -0.285. The summed E-state index contributed by atoms with van der Waals surface area (Å²) >= 11 is 0. The summed E-state index contributed by atoms with van der Waals surface area (Å²) in [4.78, 5) is 32.7. The maximum atomic E-state index is 12.7. The molecule has 2 atom stereocenters. The van der Waals surface area contributed by atoms with Crippen LogP contribution in [0.25, 0.3) is 0 Å². The van der Waals surface area contributed by atoms with E-state index in [1.54, 1.807) is 35.7 Å². The van der Waals surface area contributed by atoms with Gasteiger partial charge in [-0.3, -0.25) is 14.6 Å². The van der Waals surface area contributed by atoms with Crippen LogP contribution in [-0.2, 0) is 4.79 Å². The molecule has 2 aliphatic heterocycles. The van der Waals surface area contributed by atoms with Gasteiger partial charge in [-0.25, -0.2) is 10.9 Å². The number of piperazine rings is 1. The number of hydrogen-bond acceptors (Lipinski definition) is 6. The summed E-state index contributed by atoms with van der Waals surface area (Å²) in [7, 11) is 0. The van der Waals surface area contributed by atoms with Gasteiger partial charge in [-0.05, 0) is 30.7 Å². The number of furan rings is 1. The second kappa shape index (κ2) is 7.27. The number of hydrogen-bond donors (Lipinski definition) is 2. The highest BCUT2D eigenvalue weighted by molar-refractivity contribution is 5.94. The Labute approximate surface area is 151 Å². The van der Waals surface area contributed by atoms with E-state index < -0.39 is 0 Å². The molecule has 4 heterocycles. The van der Waals surface area contributed by atoms with Crippen molar-refractivity contribution in [3.8, 4) is 0 Å². The van der Waals surface area contributed by atoms with Crippen LogP contribution in [0.1, 0.15) is 28.6 Å². The van der Waals surface area contributed by atoms with Crippen LogP contribution in [0, 0.1) is 0 Å². The SMILES string of the molecule is O=C(c1ccncc1)N1CCN(C(=O)C2CC(c3ccco3)NN2)CC1. The van der Waals surface area contributed by atoms with E-state index in [-0.39, 0.29) is 23.9 Å². The quantitative estimate of drug-likeness (QED) is 0.836. The van der Waals surface area contributed by atoms with Crippen molar-refractivity contribution >= 4 is 11.8 Å². The Hall–Kier alpha value is -2.71. The van der Waals surface area contributed by atoms with E-state index >= 15 is 0 Å². The fourth-order valence-electron chi connectivity index (χ4n) is 3.42. The van der Waals surface area contributed by atoms with Gasteiger partial charge in [0.2, 0.25) is 5.91 Å². The molecule has 0 spiro atoms. The summed E-state index contributed by atoms with van der Waals surface area (Å²) in [6.07, 6.45) is 5.50. The summed E-state index contributed by atoms with van der Waals surface area (Å²) in [6, 6.07) is 6.87. The first-order valence-electron chi connectivity index (χ1n) is 8.75. The number of nitrogens with zero attached hydrogens (tertiary/aromatic N) is 3. The zero-order valence-electron chi connectivity index (χ0n) is 14.3. The van der Waals surface area contributed by atoms with Crippen LogP contribution in [0.3, 0.4) is 0 Å². The fraction of sp³-hybridized carbons (Fsp3) is 0.389. The van der Waals surface area contributed by atoms with Crippen molar-refractivity contribution in [2.75, 3.05) is 26.2 Å². The lowest BCUT2D eigenvalue weighted by Crippen LogP contribution is -2.54. The van der Waals surface area contributed by atoms with Gasteiger partial charge in [0.05, 0.1) is 12.3 Å². The molecule has 2 aromatic heterocycles. The van der Waals surface area contributed by atoms with Crippen molar-refractivity contribution in [3.05, 3.63) is 54.2 Å². The van der Waals surface area contributed by atoms with Crippen LogP contribution >= 0.6 is 0 Å². The number of aromatic nitrogens is 1. The first-order valence-corrected chi connectivity index (χ1v) is 8.75. The molecule has 2 N–H and O–H groups in total. The number of hydrazine groups is 1. The van der Waals surface area contributed by atoms with Gasteiger partial charge in [-0.15, -0.1) is 0 Å². The van der Waals surface area contributed by atoms with E-state index in [0.717, 1.165) is 5.76 Å². The highest BCUT2D eigenvalue weighted by Gasteiger charge is 2.35. The zero-order chi connectivity index (χ0) is 17.9. The van der Waals surface area contributed by atoms with Crippen molar-refractivity contribution in [2.24, 2.45) is 0 Å². The lowest BCUT2D eigenvalue weighted by atomic mass is 10.1. The normalized spacial score (nSPS) is 23.2. The molecule has 0 aromatic carbocycles. The van der Waals surface area contributed by atoms with Crippen LogP contribution in [0.2, 0.25) is 0 Å². The Kier molecular flexibility index (Phi) is 4.68. The number of amides is 2. The van der Waals surface area contributed by atoms with Crippen LogP contribution < -0.4 is 10.9 Å². The molecular formula is C18H21N5O3. The Morgan fingerprint density at radius 2 is 1.77 bits per heavy atom. The third-order valence-corrected chi connectivity index (χ3v) is 4.89. The molecule has 2 saturated heterocycles. The lowest BCUT2D eigenvalue weighted by Gasteiger charge is -2.35. The average molecular weight is 355 g/mol. The van der Waals surface area contributed by atoms with Crippen molar-refractivity contribution in [1.82, 2.24) is 25.6 Å². The van der Waals surface area contributed by atoms with Gasteiger partial charge in [0, 0.05) is 44.1 Å². The highest BCUT2D eigenvalue weighted by Crippen LogP contribution is 2.23. The van der Waals surface area contributed by atoms with E-state index in [1.165, 1.54) is 0 Å². The van der Waals surface area contributed by atoms with Crippen molar-refractivity contribution < 1.29 is 14.0 Å². The molecule has 0 aliphatic carbocycles. The molecule has 4 rings (SSSR count). The standard InChI is InChI=1S/C18H21N5O3/c24-17(13-3-5-19-6-4-13)22-7-9-23(10-8-22)18(25)15-12-14(20-21-15)16-2-1-11-26-16/h1-6,11,14-15,20-21H,7-10,12H2. The van der Waals surface area contributed by atoms with Crippen LogP contribution in [-0.4, -0.2) is 58.8 Å². The molecular weight excluding hydrogens is 334 g/mol. The molecule has 2 fully saturated rings. The van der Waals surface area contributed by atoms with Crippen molar-refractivity contribution in [1.29, 1.82) is 0 Å². The summed E-state index contributed by atoms with van der Waals surface area (Å²) < 4.78 is 5.40. The maximum absolute atomic E-state index is 12.7. The van der Waals surface area contributed by atoms with Crippen LogP contribution in [0.4, 0.5) is 0 Å². The van der Waals surface area contributed by atoms with E-state index in [9.17, 15) is 9.59 Å². The molecule has 0 bridgehead atoms. The van der Waals surface area contributed by atoms with Gasteiger partial charge in [-0.1, -0.05) is 0 Å². The molecule has 0 radical (unpaired) electrons. The second-order valence-corrected chi connectivity index (χ2v) is 6.50. The molecule has 136 valence electrons. The monoisotopic (exact) mass is 355 g/mol. The zero-order valence-corrected chi connectivity index (χ0v) is 14.3. The number of carbonyl (C=O) groups excluding carboxylic acids is 2. The summed E-state index contributed by atoms with van der Waals surface area (Å²) in [6.45, 7) is 2.15. The summed E-state index contributed by atoms with van der Waals surface area (Å²) in [5.74, 6) is 0.862. The second-order valence-electron chi connectivity index (χ2n) is 6.50. The Balaban J connectivity index is 1.31. The van der Waals surface area contributed by atoms with Crippen molar-refractivity contribution in [2.45, 2.75) is 18.5 Å². The molecule has 8 heteroatoms. The first kappa shape index (κ1) is 16.7. The predicted octanol–water partition coefficient (Wildman–Crippen LogP) is 0.567. The van der Waals surface area contributed by atoms with Gasteiger partial charge < -0.3 is 14.2 Å². The van der Waals surface area contributed by atoms with Gasteiger partial charge in [0.25, 0.3) is 5.91 Å². The molecule has 8 nitrogen and oxygen atoms in total. The van der Waals surface area contributed by atoms with E-state index in [4.69, 9.17) is 4.42 Å². The molecule has 0 saturated carbocycles. The van der Waals surface area contributed by atoms with Gasteiger partial charge in [0.15, 0.2) is 0 Å². The van der Waals surface area contributed by atoms with Gasteiger partial charge in [-0.2, -0.15) is 0 Å². The Bertz CT molecular complexity index is 756. The predicted molar refractivity (Wildman–Crippen MR) is 92.8 cm³/mol. The Morgan fingerprint density at radius 1 is 1.04 bits per heavy atom. The lowest BCUT2D eigenvalue weighted by molar-refractivity contribution is -0.134. The van der Waals surface area contributed by atoms with E-state index in [0.29, 0.717) is 38.2 Å². The number of rotatable bonds is 3. The van der Waals surface area contributed by atoms with Crippen LogP contribution in [0.15, 0.2) is 47.3 Å². The smallest absolute Gasteiger partial charge is 0.254 e. The third kappa shape index (κ3) is 3.33. The van der Waals surface area contributed by atoms with Gasteiger partial charge in [0.1, 0.15) is 11.8 Å². The van der Waals surface area contributed by atoms with Crippen molar-refractivity contribution in [3.63, 3.8) is 0 Å². The molecule has 2 aliphatic rings. The molecule has 2 aromatic rings. The fourth-order valence-corrected chi connectivity index (χ4v) is 3.42. The Morgan fingerprint density at radius 3 is 2.46 bits per heavy atom. The minimum absolute atomic E-state index is 0.00601. The van der Waals surface area contributed by atoms with E-state index in [1.807, 2.05) is 17.0 Å². The minimum Gasteiger partial charge on any atom is -0.468 e. The van der Waals surface area contributed by atoms with Gasteiger partial charge >= 0.3 is 0 Å². The summed E-state index contributed by atoms with van der Waals surface area (Å²) in [5, 5.41) is 0. The molecule has 2 amide bonds. The molecule has 2 unspecified atom stereocenters. The summed E-state index contributed by atoms with van der Waals surface area (Å²) in [5.41, 5.74) is 6.81. The third-order valence-electron chi connectivity index (χ3n) is 4.89. The average Bonchev–Trinajstić information content (AvgIpc) is 3.39. The highest BCUT2D eigenvalue weighted by atomic mass is 16.3.